The third kappa shape index (κ3) is 6.13. The minimum absolute atomic E-state index is 0.0221. The van der Waals surface area contributed by atoms with E-state index in [0.29, 0.717) is 32.1 Å². The van der Waals surface area contributed by atoms with Gasteiger partial charge in [0.15, 0.2) is 0 Å². The monoisotopic (exact) mass is 489 g/mol. The zero-order chi connectivity index (χ0) is 24.0. The Morgan fingerprint density at radius 2 is 1.56 bits per heavy atom. The Bertz CT molecular complexity index is 1080. The summed E-state index contributed by atoms with van der Waals surface area (Å²) in [6.45, 7) is 6.17. The van der Waals surface area contributed by atoms with Crippen molar-refractivity contribution in [2.24, 2.45) is 0 Å². The zero-order valence-electron chi connectivity index (χ0n) is 19.4. The summed E-state index contributed by atoms with van der Waals surface area (Å²) in [5.74, 6) is 0.0688. The van der Waals surface area contributed by atoms with E-state index in [4.69, 9.17) is 14.2 Å². The molecule has 0 aromatic heterocycles. The van der Waals surface area contributed by atoms with Gasteiger partial charge in [-0.15, -0.1) is 0 Å². The van der Waals surface area contributed by atoms with E-state index in [2.05, 4.69) is 9.62 Å². The van der Waals surface area contributed by atoms with Crippen LogP contribution in [-0.4, -0.2) is 83.8 Å². The summed E-state index contributed by atoms with van der Waals surface area (Å²) in [7, 11) is -2.37. The summed E-state index contributed by atoms with van der Waals surface area (Å²) in [5.41, 5.74) is 2.25. The molecule has 2 aromatic carbocycles. The number of ether oxygens (including phenoxy) is 3. The molecule has 0 saturated carbocycles. The average Bonchev–Trinajstić information content (AvgIpc) is 2.88. The number of amides is 1. The van der Waals surface area contributed by atoms with E-state index < -0.39 is 10.0 Å². The lowest BCUT2D eigenvalue weighted by Gasteiger charge is -2.27. The van der Waals surface area contributed by atoms with Gasteiger partial charge in [0, 0.05) is 39.3 Å². The predicted octanol–water partition coefficient (Wildman–Crippen LogP) is 1.48. The van der Waals surface area contributed by atoms with E-state index in [0.717, 1.165) is 38.4 Å². The van der Waals surface area contributed by atoms with Gasteiger partial charge in [0.2, 0.25) is 10.0 Å². The summed E-state index contributed by atoms with van der Waals surface area (Å²) < 4.78 is 44.6. The molecule has 4 rings (SSSR count). The molecule has 1 N–H and O–H groups in total. The number of benzene rings is 2. The Balaban J connectivity index is 1.42. The highest BCUT2D eigenvalue weighted by Gasteiger charge is 2.24. The van der Waals surface area contributed by atoms with Crippen LogP contribution in [0.25, 0.3) is 0 Å². The first-order valence-corrected chi connectivity index (χ1v) is 12.9. The smallest absolute Gasteiger partial charge is 0.257 e. The lowest BCUT2D eigenvalue weighted by Crippen LogP contribution is -2.40. The van der Waals surface area contributed by atoms with Crippen molar-refractivity contribution in [3.05, 3.63) is 59.2 Å². The molecular formula is C24H31N3O6S. The van der Waals surface area contributed by atoms with Crippen LogP contribution in [0.2, 0.25) is 0 Å². The molecule has 1 amide bonds. The fourth-order valence-electron chi connectivity index (χ4n) is 4.00. The molecular weight excluding hydrogens is 458 g/mol. The zero-order valence-corrected chi connectivity index (χ0v) is 20.2. The molecule has 2 aliphatic heterocycles. The number of hydrogen-bond donors (Lipinski definition) is 1. The maximum Gasteiger partial charge on any atom is 0.257 e. The van der Waals surface area contributed by atoms with E-state index in [1.165, 1.54) is 30.9 Å². The average molecular weight is 490 g/mol. The van der Waals surface area contributed by atoms with Crippen molar-refractivity contribution in [2.45, 2.75) is 18.0 Å². The van der Waals surface area contributed by atoms with Crippen LogP contribution >= 0.6 is 0 Å². The van der Waals surface area contributed by atoms with E-state index in [1.807, 2.05) is 24.3 Å². The van der Waals surface area contributed by atoms with Gasteiger partial charge in [0.05, 0.1) is 44.0 Å². The van der Waals surface area contributed by atoms with Gasteiger partial charge in [-0.3, -0.25) is 9.69 Å². The second kappa shape index (κ2) is 11.3. The minimum Gasteiger partial charge on any atom is -0.496 e. The third-order valence-corrected chi connectivity index (χ3v) is 7.41. The van der Waals surface area contributed by atoms with Crippen LogP contribution in [0.3, 0.4) is 0 Å². The number of nitrogens with zero attached hydrogens (tertiary/aromatic N) is 2. The SMILES string of the molecule is COc1ccc(S(=O)(=O)NCc2ccc(CN3CCOCC3)cc2)cc1C(=O)N1CCOCC1. The first-order chi connectivity index (χ1) is 16.5. The minimum atomic E-state index is -3.83. The van der Waals surface area contributed by atoms with Gasteiger partial charge in [0.1, 0.15) is 5.75 Å². The summed E-state index contributed by atoms with van der Waals surface area (Å²) in [6, 6.07) is 12.2. The van der Waals surface area contributed by atoms with Crippen LogP contribution in [0, 0.1) is 0 Å². The number of carbonyl (C=O) groups is 1. The molecule has 0 spiro atoms. The van der Waals surface area contributed by atoms with E-state index in [1.54, 1.807) is 4.90 Å². The van der Waals surface area contributed by atoms with Gasteiger partial charge in [-0.2, -0.15) is 0 Å². The topological polar surface area (TPSA) is 97.4 Å². The number of methoxy groups -OCH3 is 1. The maximum absolute atomic E-state index is 13.0. The quantitative estimate of drug-likeness (QED) is 0.600. The molecule has 0 radical (unpaired) electrons. The number of carbonyl (C=O) groups excluding carboxylic acids is 1. The van der Waals surface area contributed by atoms with Crippen molar-refractivity contribution in [2.75, 3.05) is 59.7 Å². The van der Waals surface area contributed by atoms with Crippen LogP contribution in [0.1, 0.15) is 21.5 Å². The van der Waals surface area contributed by atoms with Gasteiger partial charge in [-0.1, -0.05) is 24.3 Å². The molecule has 10 heteroatoms. The molecule has 9 nitrogen and oxygen atoms in total. The number of sulfonamides is 1. The molecule has 2 heterocycles. The maximum atomic E-state index is 13.0. The number of morpholine rings is 2. The fourth-order valence-corrected chi connectivity index (χ4v) is 5.04. The second-order valence-electron chi connectivity index (χ2n) is 8.30. The fraction of sp³-hybridized carbons (Fsp3) is 0.458. The highest BCUT2D eigenvalue weighted by molar-refractivity contribution is 7.89. The Morgan fingerprint density at radius 3 is 2.21 bits per heavy atom. The van der Waals surface area contributed by atoms with Crippen LogP contribution in [0.5, 0.6) is 5.75 Å². The van der Waals surface area contributed by atoms with Crippen molar-refractivity contribution in [3.8, 4) is 5.75 Å². The van der Waals surface area contributed by atoms with E-state index in [9.17, 15) is 13.2 Å². The lowest BCUT2D eigenvalue weighted by molar-refractivity contribution is 0.0300. The van der Waals surface area contributed by atoms with Crippen molar-refractivity contribution in [3.63, 3.8) is 0 Å². The predicted molar refractivity (Wildman–Crippen MR) is 126 cm³/mol. The van der Waals surface area contributed by atoms with Crippen molar-refractivity contribution in [1.82, 2.24) is 14.5 Å². The number of nitrogens with one attached hydrogen (secondary N) is 1. The molecule has 0 atom stereocenters. The Hall–Kier alpha value is -2.50. The van der Waals surface area contributed by atoms with Crippen molar-refractivity contribution < 1.29 is 27.4 Å². The molecule has 2 saturated heterocycles. The molecule has 0 aliphatic carbocycles. The third-order valence-electron chi connectivity index (χ3n) is 6.01. The molecule has 0 unspecified atom stereocenters. The number of rotatable bonds is 8. The summed E-state index contributed by atoms with van der Waals surface area (Å²) in [4.78, 5) is 17.0. The largest absolute Gasteiger partial charge is 0.496 e. The van der Waals surface area contributed by atoms with Crippen LogP contribution < -0.4 is 9.46 Å². The van der Waals surface area contributed by atoms with E-state index in [-0.39, 0.29) is 22.9 Å². The summed E-state index contributed by atoms with van der Waals surface area (Å²) in [6.07, 6.45) is 0. The Kier molecular flexibility index (Phi) is 8.17. The first kappa shape index (κ1) is 24.6. The number of hydrogen-bond acceptors (Lipinski definition) is 7. The van der Waals surface area contributed by atoms with E-state index >= 15 is 0 Å². The standard InChI is InChI=1S/C24H31N3O6S/c1-31-23-7-6-21(16-22(23)24(28)27-10-14-33-15-11-27)34(29,30)25-17-19-2-4-20(5-3-19)18-26-8-12-32-13-9-26/h2-7,16,25H,8-15,17-18H2,1H3. The van der Waals surface area contributed by atoms with Crippen LogP contribution in [-0.2, 0) is 32.6 Å². The molecule has 34 heavy (non-hydrogen) atoms. The molecule has 2 fully saturated rings. The van der Waals surface area contributed by atoms with Gasteiger partial charge in [-0.05, 0) is 29.3 Å². The van der Waals surface area contributed by atoms with Crippen LogP contribution in [0.4, 0.5) is 0 Å². The molecule has 0 bridgehead atoms. The summed E-state index contributed by atoms with van der Waals surface area (Å²) in [5, 5.41) is 0. The molecule has 2 aliphatic rings. The Morgan fingerprint density at radius 1 is 0.941 bits per heavy atom. The van der Waals surface area contributed by atoms with Crippen molar-refractivity contribution in [1.29, 1.82) is 0 Å². The highest BCUT2D eigenvalue weighted by atomic mass is 32.2. The second-order valence-corrected chi connectivity index (χ2v) is 10.1. The van der Waals surface area contributed by atoms with Gasteiger partial charge >= 0.3 is 0 Å². The van der Waals surface area contributed by atoms with Gasteiger partial charge < -0.3 is 19.1 Å². The lowest BCUT2D eigenvalue weighted by atomic mass is 10.1. The Labute approximate surface area is 200 Å². The molecule has 184 valence electrons. The normalized spacial score (nSPS) is 17.5. The van der Waals surface area contributed by atoms with Gasteiger partial charge in [-0.25, -0.2) is 13.1 Å². The first-order valence-electron chi connectivity index (χ1n) is 11.4. The van der Waals surface area contributed by atoms with Crippen LogP contribution in [0.15, 0.2) is 47.4 Å². The van der Waals surface area contributed by atoms with Crippen molar-refractivity contribution >= 4 is 15.9 Å². The van der Waals surface area contributed by atoms with Gasteiger partial charge in [0.25, 0.3) is 5.91 Å². The molecule has 2 aromatic rings. The summed E-state index contributed by atoms with van der Waals surface area (Å²) >= 11 is 0. The highest BCUT2D eigenvalue weighted by Crippen LogP contribution is 2.24.